The lowest BCUT2D eigenvalue weighted by Crippen LogP contribution is -2.30. The van der Waals surface area contributed by atoms with E-state index in [1.54, 1.807) is 0 Å². The number of hydrogen-bond acceptors (Lipinski definition) is 1. The van der Waals surface area contributed by atoms with Gasteiger partial charge in [0, 0.05) is 6.04 Å². The standard InChI is InChI=1S/C8H17NO2.ClH/c1-3-4-5-6-7(2)9-8(10)11;/h7,9H,3-6H2,1-2H3,(H,10,11);1H. The van der Waals surface area contributed by atoms with Gasteiger partial charge in [0.1, 0.15) is 0 Å². The molecule has 74 valence electrons. The molecule has 0 aliphatic carbocycles. The molecular weight excluding hydrogens is 178 g/mol. The van der Waals surface area contributed by atoms with Crippen molar-refractivity contribution in [2.24, 2.45) is 0 Å². The maximum absolute atomic E-state index is 10.1. The number of halogens is 1. The molecule has 0 bridgehead atoms. The van der Waals surface area contributed by atoms with Gasteiger partial charge in [-0.15, -0.1) is 12.4 Å². The van der Waals surface area contributed by atoms with E-state index in [1.165, 1.54) is 12.8 Å². The van der Waals surface area contributed by atoms with Gasteiger partial charge in [-0.05, 0) is 13.3 Å². The Kier molecular flexibility index (Phi) is 10.2. The summed E-state index contributed by atoms with van der Waals surface area (Å²) in [5.74, 6) is 0. The van der Waals surface area contributed by atoms with Crippen LogP contribution in [-0.2, 0) is 0 Å². The Labute approximate surface area is 80.0 Å². The second-order valence-electron chi connectivity index (χ2n) is 2.85. The fourth-order valence-corrected chi connectivity index (χ4v) is 0.983. The molecule has 0 fully saturated rings. The predicted molar refractivity (Wildman–Crippen MR) is 52.0 cm³/mol. The molecule has 1 atom stereocenters. The van der Waals surface area contributed by atoms with Crippen LogP contribution in [0.15, 0.2) is 0 Å². The highest BCUT2D eigenvalue weighted by Gasteiger charge is 2.03. The summed E-state index contributed by atoms with van der Waals surface area (Å²) in [4.78, 5) is 10.1. The number of unbranched alkanes of at least 4 members (excludes halogenated alkanes) is 2. The lowest BCUT2D eigenvalue weighted by Gasteiger charge is -2.09. The Morgan fingerprint density at radius 3 is 2.50 bits per heavy atom. The molecule has 1 unspecified atom stereocenters. The van der Waals surface area contributed by atoms with Crippen molar-refractivity contribution < 1.29 is 9.90 Å². The molecule has 0 aromatic heterocycles. The van der Waals surface area contributed by atoms with Gasteiger partial charge in [-0.25, -0.2) is 4.79 Å². The zero-order chi connectivity index (χ0) is 8.69. The molecule has 4 heteroatoms. The van der Waals surface area contributed by atoms with Crippen LogP contribution in [0.3, 0.4) is 0 Å². The van der Waals surface area contributed by atoms with Crippen LogP contribution >= 0.6 is 12.4 Å². The van der Waals surface area contributed by atoms with Crippen molar-refractivity contribution in [1.29, 1.82) is 0 Å². The normalized spacial score (nSPS) is 11.5. The maximum Gasteiger partial charge on any atom is 0.404 e. The van der Waals surface area contributed by atoms with E-state index in [2.05, 4.69) is 12.2 Å². The SMILES string of the molecule is CCCCCC(C)NC(=O)O.Cl. The highest BCUT2D eigenvalue weighted by Crippen LogP contribution is 2.02. The molecule has 0 aliphatic heterocycles. The fraction of sp³-hybridized carbons (Fsp3) is 0.875. The largest absolute Gasteiger partial charge is 0.465 e. The van der Waals surface area contributed by atoms with E-state index in [-0.39, 0.29) is 18.4 Å². The molecular formula is C8H18ClNO2. The summed E-state index contributed by atoms with van der Waals surface area (Å²) in [6, 6.07) is 0.0963. The van der Waals surface area contributed by atoms with Crippen LogP contribution in [0.25, 0.3) is 0 Å². The topological polar surface area (TPSA) is 49.3 Å². The van der Waals surface area contributed by atoms with Crippen LogP contribution in [0.4, 0.5) is 4.79 Å². The number of carbonyl (C=O) groups is 1. The zero-order valence-electron chi connectivity index (χ0n) is 7.67. The van der Waals surface area contributed by atoms with Crippen molar-refractivity contribution in [3.63, 3.8) is 0 Å². The van der Waals surface area contributed by atoms with Gasteiger partial charge in [-0.2, -0.15) is 0 Å². The zero-order valence-corrected chi connectivity index (χ0v) is 8.49. The molecule has 0 aromatic carbocycles. The van der Waals surface area contributed by atoms with E-state index in [4.69, 9.17) is 5.11 Å². The first kappa shape index (κ1) is 14.1. The molecule has 0 saturated carbocycles. The minimum Gasteiger partial charge on any atom is -0.465 e. The Bertz CT molecular complexity index is 120. The van der Waals surface area contributed by atoms with Crippen LogP contribution in [0.2, 0.25) is 0 Å². The van der Waals surface area contributed by atoms with Crippen molar-refractivity contribution in [3.05, 3.63) is 0 Å². The minimum absolute atomic E-state index is 0. The number of nitrogens with one attached hydrogen (secondary N) is 1. The molecule has 0 heterocycles. The monoisotopic (exact) mass is 195 g/mol. The Balaban J connectivity index is 0. The summed E-state index contributed by atoms with van der Waals surface area (Å²) in [5.41, 5.74) is 0. The van der Waals surface area contributed by atoms with Crippen molar-refractivity contribution in [3.8, 4) is 0 Å². The third kappa shape index (κ3) is 9.56. The minimum atomic E-state index is -0.922. The van der Waals surface area contributed by atoms with Crippen LogP contribution in [-0.4, -0.2) is 17.2 Å². The van der Waals surface area contributed by atoms with Crippen molar-refractivity contribution >= 4 is 18.5 Å². The van der Waals surface area contributed by atoms with Crippen molar-refractivity contribution in [2.75, 3.05) is 0 Å². The maximum atomic E-state index is 10.1. The fourth-order valence-electron chi connectivity index (χ4n) is 0.983. The summed E-state index contributed by atoms with van der Waals surface area (Å²) in [5, 5.41) is 10.7. The first-order valence-electron chi connectivity index (χ1n) is 4.16. The summed E-state index contributed by atoms with van der Waals surface area (Å²) < 4.78 is 0. The molecule has 0 radical (unpaired) electrons. The van der Waals surface area contributed by atoms with E-state index in [0.29, 0.717) is 0 Å². The molecule has 0 rings (SSSR count). The number of hydrogen-bond donors (Lipinski definition) is 2. The quantitative estimate of drug-likeness (QED) is 0.663. The lowest BCUT2D eigenvalue weighted by atomic mass is 10.1. The van der Waals surface area contributed by atoms with E-state index in [9.17, 15) is 4.79 Å². The molecule has 3 nitrogen and oxygen atoms in total. The van der Waals surface area contributed by atoms with Crippen molar-refractivity contribution in [2.45, 2.75) is 45.6 Å². The summed E-state index contributed by atoms with van der Waals surface area (Å²) in [6.07, 6.45) is 3.50. The van der Waals surface area contributed by atoms with Gasteiger partial charge in [-0.3, -0.25) is 0 Å². The second kappa shape index (κ2) is 8.65. The Morgan fingerprint density at radius 2 is 2.08 bits per heavy atom. The van der Waals surface area contributed by atoms with Crippen LogP contribution in [0, 0.1) is 0 Å². The van der Waals surface area contributed by atoms with Gasteiger partial charge in [0.05, 0.1) is 0 Å². The number of amides is 1. The van der Waals surface area contributed by atoms with Crippen LogP contribution in [0.5, 0.6) is 0 Å². The van der Waals surface area contributed by atoms with E-state index in [1.807, 2.05) is 6.92 Å². The molecule has 12 heavy (non-hydrogen) atoms. The number of rotatable bonds is 5. The van der Waals surface area contributed by atoms with E-state index in [0.717, 1.165) is 12.8 Å². The Morgan fingerprint density at radius 1 is 1.50 bits per heavy atom. The first-order valence-corrected chi connectivity index (χ1v) is 4.16. The lowest BCUT2D eigenvalue weighted by molar-refractivity contribution is 0.190. The smallest absolute Gasteiger partial charge is 0.404 e. The summed E-state index contributed by atoms with van der Waals surface area (Å²) in [7, 11) is 0. The molecule has 1 amide bonds. The predicted octanol–water partition coefficient (Wildman–Crippen LogP) is 2.64. The van der Waals surface area contributed by atoms with Gasteiger partial charge in [0.25, 0.3) is 0 Å². The van der Waals surface area contributed by atoms with Gasteiger partial charge >= 0.3 is 6.09 Å². The average Bonchev–Trinajstić information content (AvgIpc) is 1.86. The summed E-state index contributed by atoms with van der Waals surface area (Å²) >= 11 is 0. The molecule has 0 aliphatic rings. The van der Waals surface area contributed by atoms with Crippen LogP contribution < -0.4 is 5.32 Å². The third-order valence-electron chi connectivity index (χ3n) is 1.61. The third-order valence-corrected chi connectivity index (χ3v) is 1.61. The average molecular weight is 196 g/mol. The molecule has 0 saturated heterocycles. The highest BCUT2D eigenvalue weighted by molar-refractivity contribution is 5.85. The summed E-state index contributed by atoms with van der Waals surface area (Å²) in [6.45, 7) is 4.03. The van der Waals surface area contributed by atoms with Gasteiger partial charge in [0.15, 0.2) is 0 Å². The first-order chi connectivity index (χ1) is 5.16. The van der Waals surface area contributed by atoms with E-state index < -0.39 is 6.09 Å². The second-order valence-corrected chi connectivity index (χ2v) is 2.85. The molecule has 2 N–H and O–H groups in total. The molecule has 0 spiro atoms. The van der Waals surface area contributed by atoms with Gasteiger partial charge in [-0.1, -0.05) is 26.2 Å². The Hall–Kier alpha value is -0.440. The van der Waals surface area contributed by atoms with Crippen LogP contribution in [0.1, 0.15) is 39.5 Å². The van der Waals surface area contributed by atoms with E-state index >= 15 is 0 Å². The van der Waals surface area contributed by atoms with Gasteiger partial charge in [0.2, 0.25) is 0 Å². The number of carboxylic acid groups (broad SMARTS) is 1. The highest BCUT2D eigenvalue weighted by atomic mass is 35.5. The van der Waals surface area contributed by atoms with Gasteiger partial charge < -0.3 is 10.4 Å². The van der Waals surface area contributed by atoms with Crippen molar-refractivity contribution in [1.82, 2.24) is 5.32 Å². The molecule has 0 aromatic rings.